The molecule has 0 aliphatic rings. The molecule has 0 fully saturated rings. The van der Waals surface area contributed by atoms with Crippen LogP contribution in [0.5, 0.6) is 0 Å². The van der Waals surface area contributed by atoms with E-state index in [9.17, 15) is 0 Å². The number of hydrogen-bond donors (Lipinski definition) is 1. The van der Waals surface area contributed by atoms with Crippen molar-refractivity contribution in [2.75, 3.05) is 53.1 Å². The third kappa shape index (κ3) is 10.4. The molecule has 0 unspecified atom stereocenters. The first-order valence-corrected chi connectivity index (χ1v) is 6.34. The molecule has 0 heterocycles. The molecule has 4 heteroatoms. The van der Waals surface area contributed by atoms with Gasteiger partial charge in [0, 0.05) is 33.4 Å². The lowest BCUT2D eigenvalue weighted by Crippen LogP contribution is -2.32. The second kappa shape index (κ2) is 12.9. The molecule has 4 nitrogen and oxygen atoms in total. The van der Waals surface area contributed by atoms with Crippen molar-refractivity contribution in [3.63, 3.8) is 0 Å². The summed E-state index contributed by atoms with van der Waals surface area (Å²) in [7, 11) is 1.69. The lowest BCUT2D eigenvalue weighted by molar-refractivity contribution is 0.0653. The molecular formula is C12H28N2O2. The van der Waals surface area contributed by atoms with Gasteiger partial charge in [-0.2, -0.15) is 0 Å². The minimum Gasteiger partial charge on any atom is -0.382 e. The molecule has 0 aliphatic carbocycles. The number of rotatable bonds is 12. The number of nitrogens with two attached hydrogens (primary N) is 1. The van der Waals surface area contributed by atoms with Crippen molar-refractivity contribution in [1.82, 2.24) is 4.90 Å². The zero-order valence-corrected chi connectivity index (χ0v) is 10.9. The van der Waals surface area contributed by atoms with Crippen molar-refractivity contribution in [1.29, 1.82) is 0 Å². The Kier molecular flexibility index (Phi) is 12.8. The highest BCUT2D eigenvalue weighted by atomic mass is 16.5. The van der Waals surface area contributed by atoms with Crippen molar-refractivity contribution in [3.8, 4) is 0 Å². The topological polar surface area (TPSA) is 47.7 Å². The van der Waals surface area contributed by atoms with E-state index in [0.29, 0.717) is 13.2 Å². The maximum absolute atomic E-state index is 5.58. The molecule has 0 saturated carbocycles. The molecule has 0 aliphatic heterocycles. The monoisotopic (exact) mass is 232 g/mol. The Hall–Kier alpha value is -0.160. The minimum atomic E-state index is 0.683. The highest BCUT2D eigenvalue weighted by Gasteiger charge is 2.02. The predicted octanol–water partition coefficient (Wildman–Crippen LogP) is 1.10. The van der Waals surface area contributed by atoms with Crippen molar-refractivity contribution in [2.45, 2.75) is 26.2 Å². The van der Waals surface area contributed by atoms with E-state index in [0.717, 1.165) is 39.2 Å². The lowest BCUT2D eigenvalue weighted by atomic mass is 10.3. The van der Waals surface area contributed by atoms with Crippen LogP contribution in [-0.4, -0.2) is 58.0 Å². The van der Waals surface area contributed by atoms with Crippen molar-refractivity contribution >= 4 is 0 Å². The summed E-state index contributed by atoms with van der Waals surface area (Å²) in [5.74, 6) is 0. The molecule has 0 aromatic rings. The van der Waals surface area contributed by atoms with E-state index in [2.05, 4.69) is 11.8 Å². The van der Waals surface area contributed by atoms with Gasteiger partial charge in [0.15, 0.2) is 0 Å². The fourth-order valence-corrected chi connectivity index (χ4v) is 1.53. The fraction of sp³-hybridized carbons (Fsp3) is 1.00. The van der Waals surface area contributed by atoms with E-state index < -0.39 is 0 Å². The van der Waals surface area contributed by atoms with Gasteiger partial charge in [0.25, 0.3) is 0 Å². The average molecular weight is 232 g/mol. The summed E-state index contributed by atoms with van der Waals surface area (Å²) in [6, 6.07) is 0. The van der Waals surface area contributed by atoms with E-state index in [1.165, 1.54) is 12.8 Å². The Bertz CT molecular complexity index is 134. The van der Waals surface area contributed by atoms with Gasteiger partial charge in [0.2, 0.25) is 0 Å². The van der Waals surface area contributed by atoms with Gasteiger partial charge in [-0.15, -0.1) is 0 Å². The summed E-state index contributed by atoms with van der Waals surface area (Å²) >= 11 is 0. The number of hydrogen-bond acceptors (Lipinski definition) is 4. The third-order valence-electron chi connectivity index (χ3n) is 2.47. The van der Waals surface area contributed by atoms with E-state index in [4.69, 9.17) is 15.2 Å². The quantitative estimate of drug-likeness (QED) is 0.512. The second-order valence-electron chi connectivity index (χ2n) is 3.94. The first-order chi connectivity index (χ1) is 7.85. The number of methoxy groups -OCH3 is 1. The zero-order chi connectivity index (χ0) is 12.1. The summed E-state index contributed by atoms with van der Waals surface area (Å²) < 4.78 is 10.3. The largest absolute Gasteiger partial charge is 0.382 e. The maximum Gasteiger partial charge on any atom is 0.0700 e. The Balaban J connectivity index is 3.36. The molecule has 98 valence electrons. The molecule has 0 spiro atoms. The van der Waals surface area contributed by atoms with Crippen LogP contribution < -0.4 is 5.73 Å². The van der Waals surface area contributed by atoms with E-state index >= 15 is 0 Å². The molecular weight excluding hydrogens is 204 g/mol. The number of nitrogens with zero attached hydrogens (tertiary/aromatic N) is 1. The van der Waals surface area contributed by atoms with Crippen molar-refractivity contribution < 1.29 is 9.47 Å². The van der Waals surface area contributed by atoms with Gasteiger partial charge in [-0.25, -0.2) is 0 Å². The van der Waals surface area contributed by atoms with Gasteiger partial charge in [0.05, 0.1) is 13.2 Å². The van der Waals surface area contributed by atoms with Gasteiger partial charge in [-0.05, 0) is 19.4 Å². The maximum atomic E-state index is 5.58. The Morgan fingerprint density at radius 2 is 1.75 bits per heavy atom. The molecule has 0 radical (unpaired) electrons. The fourth-order valence-electron chi connectivity index (χ4n) is 1.53. The summed E-state index contributed by atoms with van der Waals surface area (Å²) in [4.78, 5) is 2.42. The highest BCUT2D eigenvalue weighted by molar-refractivity contribution is 4.58. The molecule has 0 aromatic carbocycles. The van der Waals surface area contributed by atoms with Crippen LogP contribution in [0.15, 0.2) is 0 Å². The van der Waals surface area contributed by atoms with E-state index in [1.54, 1.807) is 7.11 Å². The van der Waals surface area contributed by atoms with Crippen LogP contribution in [0.25, 0.3) is 0 Å². The first kappa shape index (κ1) is 15.8. The molecule has 0 aromatic heterocycles. The molecule has 0 rings (SSSR count). The van der Waals surface area contributed by atoms with Crippen LogP contribution in [0.2, 0.25) is 0 Å². The predicted molar refractivity (Wildman–Crippen MR) is 67.7 cm³/mol. The molecule has 0 amide bonds. The second-order valence-corrected chi connectivity index (χ2v) is 3.94. The summed E-state index contributed by atoms with van der Waals surface area (Å²) in [5.41, 5.74) is 5.58. The number of unbranched alkanes of at least 4 members (excludes halogenated alkanes) is 1. The molecule has 0 atom stereocenters. The summed E-state index contributed by atoms with van der Waals surface area (Å²) in [6.45, 7) is 8.40. The van der Waals surface area contributed by atoms with Gasteiger partial charge in [-0.1, -0.05) is 13.3 Å². The first-order valence-electron chi connectivity index (χ1n) is 6.34. The van der Waals surface area contributed by atoms with Crippen LogP contribution >= 0.6 is 0 Å². The molecule has 16 heavy (non-hydrogen) atoms. The van der Waals surface area contributed by atoms with Crippen molar-refractivity contribution in [2.24, 2.45) is 5.73 Å². The minimum absolute atomic E-state index is 0.683. The zero-order valence-electron chi connectivity index (χ0n) is 10.9. The third-order valence-corrected chi connectivity index (χ3v) is 2.47. The Morgan fingerprint density at radius 1 is 1.00 bits per heavy atom. The standard InChI is InChI=1S/C12H28N2O2/c1-3-4-7-14(9-6-13)8-5-10-16-12-11-15-2/h3-13H2,1-2H3. The van der Waals surface area contributed by atoms with E-state index in [-0.39, 0.29) is 0 Å². The van der Waals surface area contributed by atoms with Crippen LogP contribution in [0.1, 0.15) is 26.2 Å². The normalized spacial score (nSPS) is 11.2. The molecule has 0 saturated heterocycles. The van der Waals surface area contributed by atoms with Gasteiger partial charge in [-0.3, -0.25) is 0 Å². The Labute approximate surface area is 100 Å². The van der Waals surface area contributed by atoms with Crippen LogP contribution in [0.4, 0.5) is 0 Å². The van der Waals surface area contributed by atoms with Gasteiger partial charge in [0.1, 0.15) is 0 Å². The van der Waals surface area contributed by atoms with Crippen molar-refractivity contribution in [3.05, 3.63) is 0 Å². The Morgan fingerprint density at radius 3 is 2.38 bits per heavy atom. The van der Waals surface area contributed by atoms with E-state index in [1.807, 2.05) is 0 Å². The summed E-state index contributed by atoms with van der Waals surface area (Å²) in [6.07, 6.45) is 3.57. The lowest BCUT2D eigenvalue weighted by Gasteiger charge is -2.21. The summed E-state index contributed by atoms with van der Waals surface area (Å²) in [5, 5.41) is 0. The van der Waals surface area contributed by atoms with Crippen LogP contribution in [-0.2, 0) is 9.47 Å². The smallest absolute Gasteiger partial charge is 0.0700 e. The van der Waals surface area contributed by atoms with Gasteiger partial charge < -0.3 is 20.1 Å². The molecule has 0 bridgehead atoms. The van der Waals surface area contributed by atoms with Crippen LogP contribution in [0, 0.1) is 0 Å². The van der Waals surface area contributed by atoms with Gasteiger partial charge >= 0.3 is 0 Å². The SMILES string of the molecule is CCCCN(CCN)CCCOCCOC. The van der Waals surface area contributed by atoms with Crippen LogP contribution in [0.3, 0.4) is 0 Å². The highest BCUT2D eigenvalue weighted by Crippen LogP contribution is 1.96. The molecule has 2 N–H and O–H groups in total. The average Bonchev–Trinajstić information content (AvgIpc) is 2.30. The number of ether oxygens (including phenoxy) is 2.